The van der Waals surface area contributed by atoms with Gasteiger partial charge in [0.05, 0.1) is 0 Å². The van der Waals surface area contributed by atoms with Gasteiger partial charge < -0.3 is 10.6 Å². The van der Waals surface area contributed by atoms with Gasteiger partial charge >= 0.3 is 0 Å². The Labute approximate surface area is 414 Å². The number of nitrogens with one attached hydrogen (secondary N) is 2. The van der Waals surface area contributed by atoms with E-state index in [4.69, 9.17) is 0 Å². The average molecular weight is 936 g/mol. The van der Waals surface area contributed by atoms with Gasteiger partial charge in [-0.05, 0) is 49.9 Å². The Bertz CT molecular complexity index is 825. The van der Waals surface area contributed by atoms with Crippen LogP contribution in [0.2, 0.25) is 0 Å². The molecule has 0 bridgehead atoms. The third kappa shape index (κ3) is 45.1. The Morgan fingerprint density at radius 3 is 0.875 bits per heavy atom. The second-order valence-corrected chi connectivity index (χ2v) is 24.5. The standard InChI is InChI=1S/C60H122N2S2/c1-6-10-14-18-22-27-35-43-56(5)44-36-28-25-33-41-49-59(47-39-31-23-19-15-11-7-2)61-51-53-63-64-54-52-62-60(48-40-32-24-20-16-12-8-3)50-42-34-26-30-38-46-58-55-57(58)45-37-29-21-17-13-9-4/h56-62H,6-55H2,1-5H3. The monoisotopic (exact) mass is 935 g/mol. The van der Waals surface area contributed by atoms with E-state index >= 15 is 0 Å². The summed E-state index contributed by atoms with van der Waals surface area (Å²) in [6, 6.07) is 1.48. The summed E-state index contributed by atoms with van der Waals surface area (Å²) in [4.78, 5) is 0. The lowest BCUT2D eigenvalue weighted by atomic mass is 9.95. The van der Waals surface area contributed by atoms with Crippen LogP contribution in [0, 0.1) is 17.8 Å². The molecule has 1 rings (SSSR count). The van der Waals surface area contributed by atoms with E-state index < -0.39 is 0 Å². The quantitative estimate of drug-likeness (QED) is 0.0469. The summed E-state index contributed by atoms with van der Waals surface area (Å²) in [6.07, 6.45) is 66.6. The molecule has 0 spiro atoms. The largest absolute Gasteiger partial charge is 0.313 e. The molecular weight excluding hydrogens is 813 g/mol. The molecule has 384 valence electrons. The maximum Gasteiger partial charge on any atom is 0.0162 e. The number of rotatable bonds is 56. The van der Waals surface area contributed by atoms with Crippen molar-refractivity contribution < 1.29 is 0 Å². The Morgan fingerprint density at radius 2 is 0.578 bits per heavy atom. The van der Waals surface area contributed by atoms with E-state index in [1.165, 1.54) is 314 Å². The Balaban J connectivity index is 2.25. The van der Waals surface area contributed by atoms with Crippen molar-refractivity contribution in [3.05, 3.63) is 0 Å². The lowest BCUT2D eigenvalue weighted by Crippen LogP contribution is -2.31. The summed E-state index contributed by atoms with van der Waals surface area (Å²) in [5.74, 6) is 5.65. The molecule has 0 saturated heterocycles. The molecule has 1 saturated carbocycles. The van der Waals surface area contributed by atoms with Crippen molar-refractivity contribution in [1.82, 2.24) is 10.6 Å². The highest BCUT2D eigenvalue weighted by molar-refractivity contribution is 8.76. The lowest BCUT2D eigenvalue weighted by Gasteiger charge is -2.19. The van der Waals surface area contributed by atoms with Crippen LogP contribution in [0.15, 0.2) is 0 Å². The highest BCUT2D eigenvalue weighted by atomic mass is 33.1. The molecule has 1 aliphatic carbocycles. The molecule has 5 unspecified atom stereocenters. The van der Waals surface area contributed by atoms with Crippen molar-refractivity contribution in [2.75, 3.05) is 24.6 Å². The fraction of sp³-hybridized carbons (Fsp3) is 1.00. The van der Waals surface area contributed by atoms with E-state index in [0.29, 0.717) is 0 Å². The van der Waals surface area contributed by atoms with Crippen molar-refractivity contribution in [3.8, 4) is 0 Å². The topological polar surface area (TPSA) is 24.1 Å². The van der Waals surface area contributed by atoms with Crippen LogP contribution in [0.4, 0.5) is 0 Å². The van der Waals surface area contributed by atoms with Gasteiger partial charge in [-0.15, -0.1) is 0 Å². The molecular formula is C60H122N2S2. The minimum atomic E-state index is 0.738. The second-order valence-electron chi connectivity index (χ2n) is 21.8. The first kappa shape index (κ1) is 62.6. The van der Waals surface area contributed by atoms with Gasteiger partial charge in [-0.25, -0.2) is 0 Å². The van der Waals surface area contributed by atoms with Crippen LogP contribution in [0.5, 0.6) is 0 Å². The molecule has 1 aliphatic rings. The fourth-order valence-electron chi connectivity index (χ4n) is 10.7. The molecule has 0 aliphatic heterocycles. The van der Waals surface area contributed by atoms with Crippen molar-refractivity contribution in [1.29, 1.82) is 0 Å². The maximum atomic E-state index is 4.06. The molecule has 5 atom stereocenters. The fourth-order valence-corrected chi connectivity index (χ4v) is 12.5. The third-order valence-electron chi connectivity index (χ3n) is 15.3. The minimum absolute atomic E-state index is 0.738. The number of unbranched alkanes of at least 4 members (excludes halogenated alkanes) is 31. The smallest absolute Gasteiger partial charge is 0.0162 e. The van der Waals surface area contributed by atoms with Crippen LogP contribution >= 0.6 is 21.6 Å². The van der Waals surface area contributed by atoms with Crippen molar-refractivity contribution in [2.45, 2.75) is 342 Å². The highest BCUT2D eigenvalue weighted by Gasteiger charge is 2.35. The van der Waals surface area contributed by atoms with Gasteiger partial charge in [-0.3, -0.25) is 0 Å². The SMILES string of the molecule is CCCCCCCCCC(C)CCCCCCCC(CCCCCCCCC)NCCSSCCNC(CCCCCCCCC)CCCCCCCC1CC1CCCCCCCC. The van der Waals surface area contributed by atoms with Gasteiger partial charge in [0.2, 0.25) is 0 Å². The zero-order valence-electron chi connectivity index (χ0n) is 45.1. The van der Waals surface area contributed by atoms with Crippen molar-refractivity contribution >= 4 is 21.6 Å². The summed E-state index contributed by atoms with van der Waals surface area (Å²) in [6.45, 7) is 14.2. The predicted octanol–water partition coefficient (Wildman–Crippen LogP) is 21.2. The number of hydrogen-bond donors (Lipinski definition) is 2. The normalized spacial score (nSPS) is 16.5. The molecule has 0 heterocycles. The van der Waals surface area contributed by atoms with Crippen LogP contribution in [-0.2, 0) is 0 Å². The van der Waals surface area contributed by atoms with Gasteiger partial charge in [-0.1, -0.05) is 319 Å². The van der Waals surface area contributed by atoms with Gasteiger partial charge in [0.1, 0.15) is 0 Å². The Hall–Kier alpha value is 0.620. The van der Waals surface area contributed by atoms with E-state index in [1.54, 1.807) is 6.42 Å². The summed E-state index contributed by atoms with van der Waals surface area (Å²) in [5, 5.41) is 8.12. The lowest BCUT2D eigenvalue weighted by molar-refractivity contribution is 0.411. The van der Waals surface area contributed by atoms with Crippen LogP contribution < -0.4 is 10.6 Å². The molecule has 0 amide bonds. The van der Waals surface area contributed by atoms with Gasteiger partial charge in [0, 0.05) is 36.7 Å². The molecule has 0 aromatic heterocycles. The van der Waals surface area contributed by atoms with E-state index in [-0.39, 0.29) is 0 Å². The van der Waals surface area contributed by atoms with Crippen LogP contribution in [0.25, 0.3) is 0 Å². The first-order valence-electron chi connectivity index (χ1n) is 30.4. The molecule has 2 nitrogen and oxygen atoms in total. The molecule has 64 heavy (non-hydrogen) atoms. The van der Waals surface area contributed by atoms with E-state index in [9.17, 15) is 0 Å². The minimum Gasteiger partial charge on any atom is -0.313 e. The summed E-state index contributed by atoms with van der Waals surface area (Å²) in [7, 11) is 4.25. The van der Waals surface area contributed by atoms with Crippen molar-refractivity contribution in [2.24, 2.45) is 17.8 Å². The molecule has 0 aromatic rings. The maximum absolute atomic E-state index is 4.06. The van der Waals surface area contributed by atoms with Crippen molar-refractivity contribution in [3.63, 3.8) is 0 Å². The number of hydrogen-bond acceptors (Lipinski definition) is 4. The summed E-state index contributed by atoms with van der Waals surface area (Å²) >= 11 is 0. The first-order chi connectivity index (χ1) is 31.6. The van der Waals surface area contributed by atoms with Gasteiger partial charge in [-0.2, -0.15) is 0 Å². The molecule has 4 heteroatoms. The second kappa shape index (κ2) is 51.5. The molecule has 2 N–H and O–H groups in total. The summed E-state index contributed by atoms with van der Waals surface area (Å²) < 4.78 is 0. The third-order valence-corrected chi connectivity index (χ3v) is 17.7. The first-order valence-corrected chi connectivity index (χ1v) is 32.8. The van der Waals surface area contributed by atoms with E-state index in [1.807, 2.05) is 0 Å². The van der Waals surface area contributed by atoms with Crippen LogP contribution in [-0.4, -0.2) is 36.7 Å². The van der Waals surface area contributed by atoms with Gasteiger partial charge in [0.15, 0.2) is 0 Å². The van der Waals surface area contributed by atoms with E-state index in [0.717, 1.165) is 29.8 Å². The van der Waals surface area contributed by atoms with E-state index in [2.05, 4.69) is 66.8 Å². The Morgan fingerprint density at radius 1 is 0.328 bits per heavy atom. The Kier molecular flexibility index (Phi) is 50.4. The van der Waals surface area contributed by atoms with Gasteiger partial charge in [0.25, 0.3) is 0 Å². The molecule has 0 radical (unpaired) electrons. The molecule has 1 fully saturated rings. The van der Waals surface area contributed by atoms with Crippen LogP contribution in [0.3, 0.4) is 0 Å². The predicted molar refractivity (Wildman–Crippen MR) is 300 cm³/mol. The zero-order chi connectivity index (χ0) is 46.1. The average Bonchev–Trinajstić information content (AvgIpc) is 4.06. The van der Waals surface area contributed by atoms with Crippen LogP contribution in [0.1, 0.15) is 330 Å². The summed E-state index contributed by atoms with van der Waals surface area (Å²) in [5.41, 5.74) is 0. The molecule has 0 aromatic carbocycles. The highest BCUT2D eigenvalue weighted by Crippen LogP contribution is 2.45. The zero-order valence-corrected chi connectivity index (χ0v) is 46.7.